The maximum absolute atomic E-state index is 12.5. The molecule has 7 nitrogen and oxygen atoms in total. The van der Waals surface area contributed by atoms with Crippen LogP contribution in [-0.2, 0) is 4.74 Å². The van der Waals surface area contributed by atoms with E-state index < -0.39 is 5.60 Å². The van der Waals surface area contributed by atoms with Crippen molar-refractivity contribution in [2.24, 2.45) is 0 Å². The lowest BCUT2D eigenvalue weighted by molar-refractivity contribution is 0.0158. The second kappa shape index (κ2) is 10.1. The van der Waals surface area contributed by atoms with Gasteiger partial charge in [0.2, 0.25) is 0 Å². The topological polar surface area (TPSA) is 70.6 Å². The van der Waals surface area contributed by atoms with Crippen molar-refractivity contribution in [2.45, 2.75) is 45.4 Å². The van der Waals surface area contributed by atoms with Gasteiger partial charge in [-0.15, -0.1) is 10.2 Å². The van der Waals surface area contributed by atoms with Crippen molar-refractivity contribution < 1.29 is 9.53 Å². The summed E-state index contributed by atoms with van der Waals surface area (Å²) in [5.74, 6) is 1.51. The lowest BCUT2D eigenvalue weighted by Gasteiger charge is -2.40. The molecule has 4 rings (SSSR count). The maximum Gasteiger partial charge on any atom is 0.410 e. The van der Waals surface area contributed by atoms with Crippen molar-refractivity contribution in [3.05, 3.63) is 83.9 Å². The fourth-order valence-electron chi connectivity index (χ4n) is 4.13. The fraction of sp³-hybridized carbons (Fsp3) is 0.370. The summed E-state index contributed by atoms with van der Waals surface area (Å²) in [6.45, 7) is 9.63. The summed E-state index contributed by atoms with van der Waals surface area (Å²) in [5, 5.41) is 12.5. The Hall–Kier alpha value is -3.61. The maximum atomic E-state index is 12.5. The molecular formula is C27H33N5O2. The molecule has 0 bridgehead atoms. The van der Waals surface area contributed by atoms with Crippen LogP contribution in [0.2, 0.25) is 0 Å². The van der Waals surface area contributed by atoms with Gasteiger partial charge in [-0.3, -0.25) is 0 Å². The van der Waals surface area contributed by atoms with Crippen LogP contribution in [0, 0.1) is 0 Å². The van der Waals surface area contributed by atoms with Crippen molar-refractivity contribution in [1.82, 2.24) is 15.1 Å². The Balaban J connectivity index is 1.43. The first-order valence-electron chi connectivity index (χ1n) is 11.7. The second-order valence-corrected chi connectivity index (χ2v) is 9.64. The Morgan fingerprint density at radius 2 is 1.56 bits per heavy atom. The first kappa shape index (κ1) is 23.5. The average molecular weight is 460 g/mol. The third kappa shape index (κ3) is 5.84. The molecule has 178 valence electrons. The van der Waals surface area contributed by atoms with Crippen LogP contribution < -0.4 is 10.2 Å². The highest BCUT2D eigenvalue weighted by molar-refractivity contribution is 5.69. The summed E-state index contributed by atoms with van der Waals surface area (Å²) >= 11 is 0. The van der Waals surface area contributed by atoms with Crippen LogP contribution in [0.15, 0.2) is 72.8 Å². The summed E-state index contributed by atoms with van der Waals surface area (Å²) in [6, 6.07) is 24.6. The van der Waals surface area contributed by atoms with Gasteiger partial charge in [0, 0.05) is 25.7 Å². The van der Waals surface area contributed by atoms with E-state index in [1.54, 1.807) is 4.90 Å². The van der Waals surface area contributed by atoms with Crippen LogP contribution in [0.4, 0.5) is 16.4 Å². The molecule has 1 aromatic heterocycles. The van der Waals surface area contributed by atoms with Gasteiger partial charge in [-0.1, -0.05) is 60.7 Å². The van der Waals surface area contributed by atoms with E-state index >= 15 is 0 Å². The van der Waals surface area contributed by atoms with Gasteiger partial charge < -0.3 is 19.9 Å². The van der Waals surface area contributed by atoms with E-state index in [9.17, 15) is 4.79 Å². The second-order valence-electron chi connectivity index (χ2n) is 9.64. The van der Waals surface area contributed by atoms with Crippen molar-refractivity contribution in [2.75, 3.05) is 29.9 Å². The van der Waals surface area contributed by atoms with Crippen LogP contribution in [0.25, 0.3) is 0 Å². The number of hydrogen-bond acceptors (Lipinski definition) is 6. The molecule has 2 aromatic carbocycles. The number of amides is 1. The van der Waals surface area contributed by atoms with Crippen molar-refractivity contribution >= 4 is 17.7 Å². The smallest absolute Gasteiger partial charge is 0.410 e. The first-order valence-corrected chi connectivity index (χ1v) is 11.7. The molecule has 1 fully saturated rings. The minimum atomic E-state index is -0.500. The van der Waals surface area contributed by atoms with Gasteiger partial charge in [0.1, 0.15) is 11.4 Å². The number of nitrogens with zero attached hydrogens (tertiary/aromatic N) is 4. The Labute approximate surface area is 201 Å². The van der Waals surface area contributed by atoms with E-state index in [0.717, 1.165) is 16.9 Å². The van der Waals surface area contributed by atoms with E-state index in [1.807, 2.05) is 76.2 Å². The van der Waals surface area contributed by atoms with E-state index in [4.69, 9.17) is 4.74 Å². The number of piperazine rings is 1. The van der Waals surface area contributed by atoms with Crippen LogP contribution in [0.3, 0.4) is 0 Å². The number of ether oxygens (including phenoxy) is 1. The zero-order chi connectivity index (χ0) is 24.1. The number of hydrogen-bond donors (Lipinski definition) is 1. The predicted molar refractivity (Wildman–Crippen MR) is 135 cm³/mol. The summed E-state index contributed by atoms with van der Waals surface area (Å²) in [5.41, 5.74) is 1.82. The molecule has 0 spiro atoms. The number of aromatic nitrogens is 2. The van der Waals surface area contributed by atoms with Crippen LogP contribution in [0.5, 0.6) is 0 Å². The van der Waals surface area contributed by atoms with Gasteiger partial charge in [0.15, 0.2) is 5.82 Å². The van der Waals surface area contributed by atoms with Gasteiger partial charge in [0.25, 0.3) is 0 Å². The van der Waals surface area contributed by atoms with Crippen LogP contribution >= 0.6 is 0 Å². The van der Waals surface area contributed by atoms with E-state index in [2.05, 4.69) is 44.7 Å². The zero-order valence-electron chi connectivity index (χ0n) is 20.3. The number of carbonyl (C=O) groups is 1. The van der Waals surface area contributed by atoms with Crippen molar-refractivity contribution in [3.8, 4) is 0 Å². The molecular weight excluding hydrogens is 426 g/mol. The Bertz CT molecular complexity index is 1030. The lowest BCUT2D eigenvalue weighted by atomic mass is 9.99. The molecule has 2 heterocycles. The number of anilines is 2. The van der Waals surface area contributed by atoms with E-state index in [-0.39, 0.29) is 18.2 Å². The van der Waals surface area contributed by atoms with Gasteiger partial charge in [0.05, 0.1) is 6.04 Å². The van der Waals surface area contributed by atoms with Gasteiger partial charge in [-0.2, -0.15) is 0 Å². The van der Waals surface area contributed by atoms with Gasteiger partial charge in [-0.05, 0) is 51.0 Å². The summed E-state index contributed by atoms with van der Waals surface area (Å²) in [7, 11) is 0. The number of carbonyl (C=O) groups excluding carboxylic acids is 1. The number of benzene rings is 2. The highest BCUT2D eigenvalue weighted by Gasteiger charge is 2.31. The quantitative estimate of drug-likeness (QED) is 0.571. The fourth-order valence-corrected chi connectivity index (χ4v) is 4.13. The molecule has 34 heavy (non-hydrogen) atoms. The Morgan fingerprint density at radius 3 is 2.06 bits per heavy atom. The normalized spacial score (nSPS) is 16.4. The van der Waals surface area contributed by atoms with E-state index in [1.165, 1.54) is 0 Å². The molecule has 0 unspecified atom stereocenters. The summed E-state index contributed by atoms with van der Waals surface area (Å²) in [4.78, 5) is 16.4. The van der Waals surface area contributed by atoms with Crippen LogP contribution in [-0.4, -0.2) is 52.5 Å². The largest absolute Gasteiger partial charge is 0.444 e. The van der Waals surface area contributed by atoms with E-state index in [0.29, 0.717) is 25.5 Å². The third-order valence-electron chi connectivity index (χ3n) is 5.79. The molecule has 1 aliphatic heterocycles. The monoisotopic (exact) mass is 459 g/mol. The first-order chi connectivity index (χ1) is 16.3. The molecule has 0 aliphatic carbocycles. The molecule has 1 aliphatic rings. The van der Waals surface area contributed by atoms with Crippen LogP contribution in [0.1, 0.15) is 44.9 Å². The zero-order valence-corrected chi connectivity index (χ0v) is 20.3. The SMILES string of the molecule is C[C@H]1CN(c2ccc(NC(c3ccccc3)c3ccccc3)nn2)CCN1C(=O)OC(C)(C)C. The molecule has 0 saturated carbocycles. The molecule has 1 amide bonds. The molecule has 1 saturated heterocycles. The van der Waals surface area contributed by atoms with Gasteiger partial charge in [-0.25, -0.2) is 4.79 Å². The number of rotatable bonds is 5. The molecule has 7 heteroatoms. The minimum absolute atomic E-state index is 0.0174. The third-order valence-corrected chi connectivity index (χ3v) is 5.79. The summed E-state index contributed by atoms with van der Waals surface area (Å²) < 4.78 is 5.55. The molecule has 0 radical (unpaired) electrons. The highest BCUT2D eigenvalue weighted by Crippen LogP contribution is 2.26. The van der Waals surface area contributed by atoms with Gasteiger partial charge >= 0.3 is 6.09 Å². The summed E-state index contributed by atoms with van der Waals surface area (Å²) in [6.07, 6.45) is -0.266. The number of nitrogens with one attached hydrogen (secondary N) is 1. The predicted octanol–water partition coefficient (Wildman–Crippen LogP) is 5.12. The molecule has 1 N–H and O–H groups in total. The highest BCUT2D eigenvalue weighted by atomic mass is 16.6. The van der Waals surface area contributed by atoms with Crippen molar-refractivity contribution in [3.63, 3.8) is 0 Å². The molecule has 1 atom stereocenters. The lowest BCUT2D eigenvalue weighted by Crippen LogP contribution is -2.55. The van der Waals surface area contributed by atoms with Crippen molar-refractivity contribution in [1.29, 1.82) is 0 Å². The Kier molecular flexibility index (Phi) is 7.01. The minimum Gasteiger partial charge on any atom is -0.444 e. The molecule has 3 aromatic rings. The average Bonchev–Trinajstić information content (AvgIpc) is 2.83. The standard InChI is InChI=1S/C27H33N5O2/c1-20-19-31(17-18-32(20)26(33)34-27(2,3)4)24-16-15-23(29-30-24)28-25(21-11-7-5-8-12-21)22-13-9-6-10-14-22/h5-16,20,25H,17-19H2,1-4H3,(H,28,29)/t20-/m0/s1. The Morgan fingerprint density at radius 1 is 0.941 bits per heavy atom.